The van der Waals surface area contributed by atoms with Gasteiger partial charge in [0, 0.05) is 0 Å². The van der Waals surface area contributed by atoms with Gasteiger partial charge in [0.25, 0.3) is 0 Å². The molecule has 1 amide bonds. The summed E-state index contributed by atoms with van der Waals surface area (Å²) >= 11 is -2.36. The summed E-state index contributed by atoms with van der Waals surface area (Å²) in [6.45, 7) is 1.57. The van der Waals surface area contributed by atoms with Crippen molar-refractivity contribution in [3.05, 3.63) is 59.2 Å². The third-order valence-corrected chi connectivity index (χ3v) is 6.04. The minimum atomic E-state index is -2.36. The molecule has 2 unspecified atom stereocenters. The number of hydrogen-bond acceptors (Lipinski definition) is 4. The Morgan fingerprint density at radius 3 is 2.45 bits per heavy atom. The number of rotatable bonds is 3. The monoisotopic (exact) mass is 363 g/mol. The van der Waals surface area contributed by atoms with Crippen LogP contribution in [0.3, 0.4) is 0 Å². The summed E-state index contributed by atoms with van der Waals surface area (Å²) in [5, 5.41) is 12.2. The number of hydrogen-bond donors (Lipinski definition) is 2. The van der Waals surface area contributed by atoms with Gasteiger partial charge in [-0.25, -0.2) is 0 Å². The zero-order valence-corrected chi connectivity index (χ0v) is 13.4. The van der Waals surface area contributed by atoms with Gasteiger partial charge in [-0.15, -0.1) is 0 Å². The van der Waals surface area contributed by atoms with Crippen LogP contribution in [-0.2, 0) is 3.83 Å². The van der Waals surface area contributed by atoms with Gasteiger partial charge in [-0.05, 0) is 0 Å². The summed E-state index contributed by atoms with van der Waals surface area (Å²) in [7, 11) is 0. The Bertz CT molecular complexity index is 883. The first-order chi connectivity index (χ1) is 10.5. The van der Waals surface area contributed by atoms with Crippen molar-refractivity contribution >= 4 is 28.8 Å². The fraction of sp³-hybridized carbons (Fsp3) is 0.133. The van der Waals surface area contributed by atoms with Crippen LogP contribution in [0.5, 0.6) is 0 Å². The number of carboxylic acid groups (broad SMARTS) is 1. The van der Waals surface area contributed by atoms with Gasteiger partial charge in [-0.2, -0.15) is 0 Å². The average Bonchev–Trinajstić information content (AvgIpc) is 2.81. The van der Waals surface area contributed by atoms with Crippen LogP contribution in [-0.4, -0.2) is 30.8 Å². The first-order valence-electron chi connectivity index (χ1n) is 6.55. The quantitative estimate of drug-likeness (QED) is 0.716. The standard InChI is InChI=1S/C15H13N3O3Se/c1-15(18-14(19)20)16-12-8-7-11(9-13(12)17-15)22(21)10-5-3-2-4-6-10/h2-9,18H,1H3,(H,19,20). The Morgan fingerprint density at radius 1 is 1.09 bits per heavy atom. The van der Waals surface area contributed by atoms with E-state index in [0.29, 0.717) is 15.2 Å². The minimum absolute atomic E-state index is 0.550. The molecule has 1 heterocycles. The summed E-state index contributed by atoms with van der Waals surface area (Å²) in [6, 6.07) is 14.5. The van der Waals surface area contributed by atoms with E-state index in [2.05, 4.69) is 15.3 Å². The van der Waals surface area contributed by atoms with E-state index in [4.69, 9.17) is 5.11 Å². The van der Waals surface area contributed by atoms with Gasteiger partial charge in [0.05, 0.1) is 0 Å². The third kappa shape index (κ3) is 2.81. The van der Waals surface area contributed by atoms with Gasteiger partial charge in [0.2, 0.25) is 0 Å². The van der Waals surface area contributed by atoms with Crippen molar-refractivity contribution in [1.29, 1.82) is 0 Å². The molecule has 0 aromatic heterocycles. The molecule has 0 fully saturated rings. The van der Waals surface area contributed by atoms with Crippen molar-refractivity contribution in [3.8, 4) is 0 Å². The zero-order valence-electron chi connectivity index (χ0n) is 11.7. The van der Waals surface area contributed by atoms with Crippen LogP contribution in [0.4, 0.5) is 4.79 Å². The molecule has 0 saturated heterocycles. The molecule has 0 spiro atoms. The first-order valence-corrected chi connectivity index (χ1v) is 8.96. The zero-order chi connectivity index (χ0) is 15.7. The van der Waals surface area contributed by atoms with Gasteiger partial charge in [-0.3, -0.25) is 0 Å². The van der Waals surface area contributed by atoms with E-state index < -0.39 is 25.7 Å². The SMILES string of the molecule is CC1(NC(=O)O)N=c2ccc([Se](=O)c3ccccc3)cc2=N1. The molecule has 2 aromatic carbocycles. The molecule has 7 heteroatoms. The van der Waals surface area contributed by atoms with Crippen molar-refractivity contribution in [2.45, 2.75) is 12.7 Å². The van der Waals surface area contributed by atoms with Gasteiger partial charge in [0.15, 0.2) is 0 Å². The molecule has 1 aliphatic heterocycles. The Hall–Kier alpha value is -2.37. The number of amides is 1. The third-order valence-electron chi connectivity index (χ3n) is 3.14. The molecule has 6 nitrogen and oxygen atoms in total. The Balaban J connectivity index is 2.00. The molecule has 2 atom stereocenters. The van der Waals surface area contributed by atoms with Crippen LogP contribution in [0.15, 0.2) is 58.5 Å². The van der Waals surface area contributed by atoms with Crippen LogP contribution < -0.4 is 25.0 Å². The fourth-order valence-electron chi connectivity index (χ4n) is 2.24. The van der Waals surface area contributed by atoms with E-state index in [1.54, 1.807) is 25.1 Å². The summed E-state index contributed by atoms with van der Waals surface area (Å²) in [5.41, 5.74) is 0. The van der Waals surface area contributed by atoms with E-state index >= 15 is 0 Å². The van der Waals surface area contributed by atoms with E-state index in [-0.39, 0.29) is 0 Å². The Kier molecular flexibility index (Phi) is 3.60. The van der Waals surface area contributed by atoms with Crippen LogP contribution in [0.1, 0.15) is 6.92 Å². The predicted molar refractivity (Wildman–Crippen MR) is 80.5 cm³/mol. The van der Waals surface area contributed by atoms with Gasteiger partial charge >= 0.3 is 130 Å². The number of fused-ring (bicyclic) bond motifs is 1. The van der Waals surface area contributed by atoms with Gasteiger partial charge in [0.1, 0.15) is 0 Å². The number of nitrogens with zero attached hydrogens (tertiary/aromatic N) is 2. The maximum atomic E-state index is 12.6. The topological polar surface area (TPSA) is 91.1 Å². The Morgan fingerprint density at radius 2 is 1.77 bits per heavy atom. The second-order valence-electron chi connectivity index (χ2n) is 4.91. The van der Waals surface area contributed by atoms with Crippen LogP contribution >= 0.6 is 0 Å². The second kappa shape index (κ2) is 5.44. The van der Waals surface area contributed by atoms with E-state index in [1.165, 1.54) is 0 Å². The van der Waals surface area contributed by atoms with Crippen LogP contribution in [0.25, 0.3) is 0 Å². The van der Waals surface area contributed by atoms with E-state index in [1.807, 2.05) is 30.3 Å². The van der Waals surface area contributed by atoms with Crippen molar-refractivity contribution in [2.75, 3.05) is 0 Å². The summed E-state index contributed by atoms with van der Waals surface area (Å²) in [4.78, 5) is 19.3. The summed E-state index contributed by atoms with van der Waals surface area (Å²) in [5.74, 6) is -1.22. The first kappa shape index (κ1) is 14.6. The second-order valence-corrected chi connectivity index (χ2v) is 8.01. The summed E-state index contributed by atoms with van der Waals surface area (Å²) < 4.78 is 14.1. The fourth-order valence-corrected chi connectivity index (χ4v) is 4.52. The molecule has 0 bridgehead atoms. The molecule has 2 aromatic rings. The molecule has 112 valence electrons. The molecule has 0 aliphatic carbocycles. The van der Waals surface area contributed by atoms with Gasteiger partial charge < -0.3 is 0 Å². The van der Waals surface area contributed by atoms with Crippen molar-refractivity contribution in [3.63, 3.8) is 0 Å². The molecular formula is C15H13N3O3Se. The van der Waals surface area contributed by atoms with Crippen molar-refractivity contribution in [1.82, 2.24) is 5.32 Å². The Labute approximate surface area is 130 Å². The van der Waals surface area contributed by atoms with E-state index in [9.17, 15) is 8.63 Å². The van der Waals surface area contributed by atoms with E-state index in [0.717, 1.165) is 4.46 Å². The molecular weight excluding hydrogens is 349 g/mol. The number of benzene rings is 2. The van der Waals surface area contributed by atoms with Crippen LogP contribution in [0, 0.1) is 0 Å². The number of nitrogens with one attached hydrogen (secondary N) is 1. The molecule has 0 saturated carbocycles. The molecule has 1 aliphatic rings. The van der Waals surface area contributed by atoms with Crippen molar-refractivity contribution in [2.24, 2.45) is 9.98 Å². The van der Waals surface area contributed by atoms with Crippen molar-refractivity contribution < 1.29 is 13.7 Å². The predicted octanol–water partition coefficient (Wildman–Crippen LogP) is -0.583. The molecule has 22 heavy (non-hydrogen) atoms. The maximum absolute atomic E-state index is 12.6. The molecule has 3 rings (SSSR count). The molecule has 0 radical (unpaired) electrons. The summed E-state index contributed by atoms with van der Waals surface area (Å²) in [6.07, 6.45) is -1.19. The van der Waals surface area contributed by atoms with Gasteiger partial charge in [-0.1, -0.05) is 0 Å². The number of carbonyl (C=O) groups is 1. The molecule has 2 N–H and O–H groups in total. The van der Waals surface area contributed by atoms with Crippen LogP contribution in [0.2, 0.25) is 0 Å². The average molecular weight is 362 g/mol. The normalized spacial score (nSPS) is 20.4.